The van der Waals surface area contributed by atoms with Gasteiger partial charge in [0, 0.05) is 0 Å². The molecule has 1 aromatic carbocycles. The van der Waals surface area contributed by atoms with Crippen LogP contribution in [0.3, 0.4) is 0 Å². The summed E-state index contributed by atoms with van der Waals surface area (Å²) in [6.07, 6.45) is 4.51. The van der Waals surface area contributed by atoms with Gasteiger partial charge in [-0.3, -0.25) is 4.79 Å². The van der Waals surface area contributed by atoms with Crippen molar-refractivity contribution in [1.82, 2.24) is 5.32 Å². The lowest BCUT2D eigenvalue weighted by atomic mass is 10.1. The van der Waals surface area contributed by atoms with E-state index >= 15 is 0 Å². The van der Waals surface area contributed by atoms with Crippen LogP contribution in [-0.2, 0) is 11.2 Å². The van der Waals surface area contributed by atoms with Crippen LogP contribution >= 0.6 is 0 Å². The van der Waals surface area contributed by atoms with Gasteiger partial charge in [0.2, 0.25) is 5.91 Å². The second-order valence-corrected chi connectivity index (χ2v) is 4.57. The van der Waals surface area contributed by atoms with E-state index in [2.05, 4.69) is 11.9 Å². The molecule has 0 saturated carbocycles. The number of hydrogen-bond acceptors (Lipinski definition) is 4. The van der Waals surface area contributed by atoms with Crippen LogP contribution in [0.5, 0.6) is 5.75 Å². The zero-order valence-electron chi connectivity index (χ0n) is 12.6. The van der Waals surface area contributed by atoms with Crippen molar-refractivity contribution in [3.63, 3.8) is 0 Å². The number of carbonyl (C=O) groups excluding carboxylic acids is 1. The normalized spacial score (nSPS) is 11.7. The minimum atomic E-state index is -1.57. The van der Waals surface area contributed by atoms with Crippen molar-refractivity contribution in [3.8, 4) is 5.75 Å². The number of hydrogen-bond donors (Lipinski definition) is 3. The number of benzene rings is 1. The molecule has 0 aliphatic rings. The highest BCUT2D eigenvalue weighted by Crippen LogP contribution is 2.16. The van der Waals surface area contributed by atoms with Crippen molar-refractivity contribution in [2.75, 3.05) is 13.2 Å². The molecule has 0 heterocycles. The molecule has 0 aliphatic heterocycles. The third kappa shape index (κ3) is 7.94. The Morgan fingerprint density at radius 1 is 1.35 bits per heavy atom. The number of halogens is 1. The fourth-order valence-corrected chi connectivity index (χ4v) is 1.66. The predicted molar refractivity (Wildman–Crippen MR) is 85.4 cm³/mol. The van der Waals surface area contributed by atoms with E-state index in [0.29, 0.717) is 11.5 Å². The summed E-state index contributed by atoms with van der Waals surface area (Å²) in [5.41, 5.74) is 0.746. The maximum Gasteiger partial charge on any atom is 0.224 e. The second-order valence-electron chi connectivity index (χ2n) is 4.57. The first kappa shape index (κ1) is 18.6. The highest BCUT2D eigenvalue weighted by molar-refractivity contribution is 5.78. The fourth-order valence-electron chi connectivity index (χ4n) is 1.66. The topological polar surface area (TPSA) is 78.8 Å². The van der Waals surface area contributed by atoms with E-state index < -0.39 is 13.0 Å². The van der Waals surface area contributed by atoms with Gasteiger partial charge in [-0.2, -0.15) is 0 Å². The number of allylic oxidation sites excluding steroid dienone is 4. The number of rotatable bonds is 9. The van der Waals surface area contributed by atoms with Crippen molar-refractivity contribution >= 4 is 5.91 Å². The smallest absolute Gasteiger partial charge is 0.224 e. The molecule has 23 heavy (non-hydrogen) atoms. The number of aliphatic hydroxyl groups is 2. The van der Waals surface area contributed by atoms with Gasteiger partial charge in [-0.15, -0.1) is 0 Å². The minimum absolute atomic E-state index is 0.115. The van der Waals surface area contributed by atoms with Gasteiger partial charge in [0.25, 0.3) is 0 Å². The molecule has 0 fully saturated rings. The van der Waals surface area contributed by atoms with Gasteiger partial charge in [0.1, 0.15) is 18.2 Å². The zero-order chi connectivity index (χ0) is 17.1. The molecular formula is C17H20FNO4. The van der Waals surface area contributed by atoms with Gasteiger partial charge < -0.3 is 20.3 Å². The van der Waals surface area contributed by atoms with Crippen LogP contribution in [0, 0.1) is 0 Å². The molecule has 0 saturated heterocycles. The van der Waals surface area contributed by atoms with Crippen molar-refractivity contribution in [3.05, 3.63) is 66.5 Å². The molecule has 0 aliphatic carbocycles. The molecule has 0 radical (unpaired) electrons. The molecular weight excluding hydrogens is 301 g/mol. The summed E-state index contributed by atoms with van der Waals surface area (Å²) in [4.78, 5) is 11.6. The quantitative estimate of drug-likeness (QED) is 0.367. The zero-order valence-corrected chi connectivity index (χ0v) is 12.6. The Kier molecular flexibility index (Phi) is 8.34. The summed E-state index contributed by atoms with van der Waals surface area (Å²) in [6.45, 7) is 2.76. The summed E-state index contributed by atoms with van der Waals surface area (Å²) in [5.74, 6) is 0.668. The van der Waals surface area contributed by atoms with Crippen LogP contribution in [0.25, 0.3) is 0 Å². The van der Waals surface area contributed by atoms with Crippen LogP contribution < -0.4 is 10.1 Å². The van der Waals surface area contributed by atoms with Crippen molar-refractivity contribution in [2.24, 2.45) is 0 Å². The number of amides is 1. The van der Waals surface area contributed by atoms with Crippen molar-refractivity contribution < 1.29 is 24.1 Å². The van der Waals surface area contributed by atoms with E-state index in [4.69, 9.17) is 14.9 Å². The van der Waals surface area contributed by atoms with Crippen LogP contribution in [-0.4, -0.2) is 35.6 Å². The Morgan fingerprint density at radius 2 is 2.04 bits per heavy atom. The van der Waals surface area contributed by atoms with Gasteiger partial charge >= 0.3 is 0 Å². The van der Waals surface area contributed by atoms with Crippen LogP contribution in [0.15, 0.2) is 60.9 Å². The predicted octanol–water partition coefficient (Wildman–Crippen LogP) is 1.63. The van der Waals surface area contributed by atoms with Gasteiger partial charge in [0.15, 0.2) is 6.29 Å². The average Bonchev–Trinajstić information content (AvgIpc) is 2.52. The minimum Gasteiger partial charge on any atom is -0.457 e. The summed E-state index contributed by atoms with van der Waals surface area (Å²) in [5, 5.41) is 19.7. The lowest BCUT2D eigenvalue weighted by Gasteiger charge is -2.08. The first-order valence-electron chi connectivity index (χ1n) is 7.00. The summed E-state index contributed by atoms with van der Waals surface area (Å²) < 4.78 is 17.7. The Bertz CT molecular complexity index is 564. The van der Waals surface area contributed by atoms with E-state index in [0.717, 1.165) is 5.56 Å². The fraction of sp³-hybridized carbons (Fsp3) is 0.235. The maximum absolute atomic E-state index is 12.2. The Balaban J connectivity index is 2.61. The average molecular weight is 321 g/mol. The maximum atomic E-state index is 12.2. The molecule has 1 rings (SSSR count). The molecule has 6 heteroatoms. The van der Waals surface area contributed by atoms with Gasteiger partial charge in [-0.1, -0.05) is 30.9 Å². The standard InChI is InChI=1S/C17H20FNO4/c1-2-4-14(5-3-10-18)23-15-8-6-13(7-9-15)11-16(20)19-12-17(21)22/h2-9,17,21-22H,1,10-12H2,(H,19,20). The molecule has 0 spiro atoms. The SMILES string of the molecule is C=CC=C(C=CCF)Oc1ccc(CC(=O)NCC(O)O)cc1. The van der Waals surface area contributed by atoms with Crippen LogP contribution in [0.4, 0.5) is 4.39 Å². The largest absolute Gasteiger partial charge is 0.457 e. The van der Waals surface area contributed by atoms with E-state index in [-0.39, 0.29) is 18.9 Å². The number of alkyl halides is 1. The molecule has 3 N–H and O–H groups in total. The summed E-state index contributed by atoms with van der Waals surface area (Å²) >= 11 is 0. The molecule has 124 valence electrons. The first-order chi connectivity index (χ1) is 11.0. The monoisotopic (exact) mass is 321 g/mol. The van der Waals surface area contributed by atoms with Crippen LogP contribution in [0.2, 0.25) is 0 Å². The summed E-state index contributed by atoms with van der Waals surface area (Å²) in [7, 11) is 0. The highest BCUT2D eigenvalue weighted by Gasteiger charge is 2.06. The molecule has 0 bridgehead atoms. The number of carbonyl (C=O) groups is 1. The third-order valence-corrected chi connectivity index (χ3v) is 2.66. The first-order valence-corrected chi connectivity index (χ1v) is 7.00. The van der Waals surface area contributed by atoms with Gasteiger partial charge in [0.05, 0.1) is 13.0 Å². The van der Waals surface area contributed by atoms with Gasteiger partial charge in [-0.25, -0.2) is 4.39 Å². The van der Waals surface area contributed by atoms with E-state index in [1.807, 2.05) is 0 Å². The molecule has 5 nitrogen and oxygen atoms in total. The van der Waals surface area contributed by atoms with Crippen molar-refractivity contribution in [1.29, 1.82) is 0 Å². The molecule has 0 aromatic heterocycles. The molecule has 0 unspecified atom stereocenters. The second kappa shape index (κ2) is 10.3. The van der Waals surface area contributed by atoms with Crippen LogP contribution in [0.1, 0.15) is 5.56 Å². The number of nitrogens with one attached hydrogen (secondary N) is 1. The van der Waals surface area contributed by atoms with E-state index in [1.165, 1.54) is 18.2 Å². The molecule has 1 aromatic rings. The molecule has 0 atom stereocenters. The van der Waals surface area contributed by atoms with E-state index in [9.17, 15) is 9.18 Å². The Morgan fingerprint density at radius 3 is 2.61 bits per heavy atom. The molecule has 1 amide bonds. The lowest BCUT2D eigenvalue weighted by Crippen LogP contribution is -2.32. The third-order valence-electron chi connectivity index (χ3n) is 2.66. The number of ether oxygens (including phenoxy) is 1. The van der Waals surface area contributed by atoms with Gasteiger partial charge in [-0.05, 0) is 29.8 Å². The lowest BCUT2D eigenvalue weighted by molar-refractivity contribution is -0.122. The Hall–Kier alpha value is -2.44. The highest BCUT2D eigenvalue weighted by atomic mass is 19.1. The van der Waals surface area contributed by atoms with E-state index in [1.54, 1.807) is 30.3 Å². The number of aliphatic hydroxyl groups excluding tert-OH is 1. The Labute approximate surface area is 134 Å². The van der Waals surface area contributed by atoms with Crippen molar-refractivity contribution in [2.45, 2.75) is 12.7 Å². The summed E-state index contributed by atoms with van der Waals surface area (Å²) in [6, 6.07) is 6.80.